The van der Waals surface area contributed by atoms with E-state index in [1.54, 1.807) is 24.3 Å². The Labute approximate surface area is 123 Å². The first-order valence-corrected chi connectivity index (χ1v) is 6.83. The highest BCUT2D eigenvalue weighted by Crippen LogP contribution is 2.14. The summed E-state index contributed by atoms with van der Waals surface area (Å²) in [6.45, 7) is 4.83. The monoisotopic (exact) mass is 298 g/mol. The predicted molar refractivity (Wildman–Crippen MR) is 78.8 cm³/mol. The maximum atomic E-state index is 11.6. The van der Waals surface area contributed by atoms with Gasteiger partial charge in [0, 0.05) is 23.9 Å². The second kappa shape index (κ2) is 8.55. The summed E-state index contributed by atoms with van der Waals surface area (Å²) in [7, 11) is 0. The summed E-state index contributed by atoms with van der Waals surface area (Å²) in [5, 5.41) is 5.50. The maximum absolute atomic E-state index is 11.6. The van der Waals surface area contributed by atoms with Crippen LogP contribution in [-0.2, 0) is 14.3 Å². The van der Waals surface area contributed by atoms with Gasteiger partial charge in [-0.1, -0.05) is 17.7 Å². The van der Waals surface area contributed by atoms with E-state index in [4.69, 9.17) is 16.3 Å². The predicted octanol–water partition coefficient (Wildman–Crippen LogP) is 2.21. The van der Waals surface area contributed by atoms with Crippen molar-refractivity contribution in [3.8, 4) is 0 Å². The Kier molecular flexibility index (Phi) is 7.04. The van der Waals surface area contributed by atoms with E-state index in [1.165, 1.54) is 0 Å². The molecule has 1 rings (SSSR count). The Morgan fingerprint density at radius 2 is 2.05 bits per heavy atom. The van der Waals surface area contributed by atoms with Crippen molar-refractivity contribution in [2.75, 3.05) is 18.5 Å². The van der Waals surface area contributed by atoms with E-state index in [1.807, 2.05) is 13.8 Å². The molecule has 0 aliphatic rings. The SMILES string of the molecule is CC(C)OCCCNC(=O)C(=O)Nc1cccc(Cl)c1. The third-order valence-electron chi connectivity index (χ3n) is 2.35. The molecular formula is C14H19ClN2O3. The first-order valence-electron chi connectivity index (χ1n) is 6.45. The maximum Gasteiger partial charge on any atom is 0.313 e. The number of amides is 2. The van der Waals surface area contributed by atoms with Crippen LogP contribution in [0.4, 0.5) is 5.69 Å². The molecule has 0 heterocycles. The number of hydrogen-bond donors (Lipinski definition) is 2. The molecule has 5 nitrogen and oxygen atoms in total. The van der Waals surface area contributed by atoms with E-state index in [9.17, 15) is 9.59 Å². The van der Waals surface area contributed by atoms with Gasteiger partial charge >= 0.3 is 11.8 Å². The zero-order valence-corrected chi connectivity index (χ0v) is 12.4. The van der Waals surface area contributed by atoms with Gasteiger partial charge in [0.1, 0.15) is 0 Å². The molecule has 0 aliphatic heterocycles. The number of carbonyl (C=O) groups excluding carboxylic acids is 2. The van der Waals surface area contributed by atoms with Gasteiger partial charge in [-0.25, -0.2) is 0 Å². The molecule has 0 aliphatic carbocycles. The molecule has 6 heteroatoms. The van der Waals surface area contributed by atoms with E-state index in [0.29, 0.717) is 30.3 Å². The van der Waals surface area contributed by atoms with Crippen molar-refractivity contribution in [3.63, 3.8) is 0 Å². The van der Waals surface area contributed by atoms with Gasteiger partial charge in [0.2, 0.25) is 0 Å². The largest absolute Gasteiger partial charge is 0.379 e. The number of anilines is 1. The van der Waals surface area contributed by atoms with E-state index in [2.05, 4.69) is 10.6 Å². The minimum absolute atomic E-state index is 0.164. The lowest BCUT2D eigenvalue weighted by molar-refractivity contribution is -0.136. The second-order valence-electron chi connectivity index (χ2n) is 4.49. The number of hydrogen-bond acceptors (Lipinski definition) is 3. The van der Waals surface area contributed by atoms with Crippen LogP contribution in [0, 0.1) is 0 Å². The molecule has 0 fully saturated rings. The fraction of sp³-hybridized carbons (Fsp3) is 0.429. The lowest BCUT2D eigenvalue weighted by Gasteiger charge is -2.08. The molecule has 20 heavy (non-hydrogen) atoms. The van der Waals surface area contributed by atoms with E-state index in [-0.39, 0.29) is 6.10 Å². The Hall–Kier alpha value is -1.59. The minimum Gasteiger partial charge on any atom is -0.379 e. The van der Waals surface area contributed by atoms with E-state index >= 15 is 0 Å². The van der Waals surface area contributed by atoms with E-state index < -0.39 is 11.8 Å². The second-order valence-corrected chi connectivity index (χ2v) is 4.93. The lowest BCUT2D eigenvalue weighted by atomic mass is 10.3. The summed E-state index contributed by atoms with van der Waals surface area (Å²) in [6, 6.07) is 6.61. The zero-order valence-electron chi connectivity index (χ0n) is 11.6. The number of ether oxygens (including phenoxy) is 1. The van der Waals surface area contributed by atoms with Gasteiger partial charge in [-0.05, 0) is 38.5 Å². The number of benzene rings is 1. The van der Waals surface area contributed by atoms with Crippen molar-refractivity contribution in [1.29, 1.82) is 0 Å². The number of halogens is 1. The van der Waals surface area contributed by atoms with Gasteiger partial charge in [0.25, 0.3) is 0 Å². The van der Waals surface area contributed by atoms with E-state index in [0.717, 1.165) is 0 Å². The fourth-order valence-electron chi connectivity index (χ4n) is 1.43. The molecule has 1 aromatic rings. The molecule has 110 valence electrons. The van der Waals surface area contributed by atoms with Gasteiger partial charge in [-0.2, -0.15) is 0 Å². The Bertz CT molecular complexity index is 463. The number of nitrogens with one attached hydrogen (secondary N) is 2. The normalized spacial score (nSPS) is 10.4. The van der Waals surface area contributed by atoms with Crippen molar-refractivity contribution < 1.29 is 14.3 Å². The third kappa shape index (κ3) is 6.54. The van der Waals surface area contributed by atoms with Gasteiger partial charge in [-0.15, -0.1) is 0 Å². The fourth-order valence-corrected chi connectivity index (χ4v) is 1.62. The van der Waals surface area contributed by atoms with Crippen LogP contribution < -0.4 is 10.6 Å². The summed E-state index contributed by atoms with van der Waals surface area (Å²) in [6.07, 6.45) is 0.825. The summed E-state index contributed by atoms with van der Waals surface area (Å²) >= 11 is 5.79. The summed E-state index contributed by atoms with van der Waals surface area (Å²) in [5.74, 6) is -1.38. The van der Waals surface area contributed by atoms with Crippen LogP contribution in [-0.4, -0.2) is 31.1 Å². The molecule has 0 atom stereocenters. The molecule has 2 amide bonds. The summed E-state index contributed by atoms with van der Waals surface area (Å²) < 4.78 is 5.33. The Morgan fingerprint density at radius 1 is 1.30 bits per heavy atom. The molecule has 0 saturated heterocycles. The average Bonchev–Trinajstić information content (AvgIpc) is 2.37. The molecular weight excluding hydrogens is 280 g/mol. The van der Waals surface area contributed by atoms with Gasteiger partial charge in [0.05, 0.1) is 6.10 Å². The van der Waals surface area contributed by atoms with Crippen molar-refractivity contribution in [2.45, 2.75) is 26.4 Å². The van der Waals surface area contributed by atoms with Gasteiger partial charge in [-0.3, -0.25) is 9.59 Å². The Balaban J connectivity index is 2.27. The zero-order chi connectivity index (χ0) is 15.0. The lowest BCUT2D eigenvalue weighted by Crippen LogP contribution is -2.36. The number of rotatable bonds is 6. The average molecular weight is 299 g/mol. The van der Waals surface area contributed by atoms with Crippen LogP contribution in [0.5, 0.6) is 0 Å². The quantitative estimate of drug-likeness (QED) is 0.625. The first kappa shape index (κ1) is 16.5. The Morgan fingerprint density at radius 3 is 2.70 bits per heavy atom. The molecule has 1 aromatic carbocycles. The third-order valence-corrected chi connectivity index (χ3v) is 2.58. The van der Waals surface area contributed by atoms with Crippen LogP contribution >= 0.6 is 11.6 Å². The van der Waals surface area contributed by atoms with Gasteiger partial charge in [0.15, 0.2) is 0 Å². The van der Waals surface area contributed by atoms with Crippen LogP contribution in [0.1, 0.15) is 20.3 Å². The van der Waals surface area contributed by atoms with Crippen LogP contribution in [0.3, 0.4) is 0 Å². The minimum atomic E-state index is -0.711. The number of carbonyl (C=O) groups is 2. The standard InChI is InChI=1S/C14H19ClN2O3/c1-10(2)20-8-4-7-16-13(18)14(19)17-12-6-3-5-11(15)9-12/h3,5-6,9-10H,4,7-8H2,1-2H3,(H,16,18)(H,17,19). The highest BCUT2D eigenvalue weighted by Gasteiger charge is 2.12. The highest BCUT2D eigenvalue weighted by atomic mass is 35.5. The molecule has 0 spiro atoms. The smallest absolute Gasteiger partial charge is 0.313 e. The topological polar surface area (TPSA) is 67.4 Å². The summed E-state index contributed by atoms with van der Waals surface area (Å²) in [5.41, 5.74) is 0.487. The molecule has 0 saturated carbocycles. The van der Waals surface area contributed by atoms with Crippen molar-refractivity contribution in [3.05, 3.63) is 29.3 Å². The van der Waals surface area contributed by atoms with Crippen molar-refractivity contribution >= 4 is 29.1 Å². The van der Waals surface area contributed by atoms with Crippen LogP contribution in [0.25, 0.3) is 0 Å². The summed E-state index contributed by atoms with van der Waals surface area (Å²) in [4.78, 5) is 23.1. The molecule has 0 unspecified atom stereocenters. The van der Waals surface area contributed by atoms with Crippen LogP contribution in [0.15, 0.2) is 24.3 Å². The molecule has 2 N–H and O–H groups in total. The molecule has 0 aromatic heterocycles. The van der Waals surface area contributed by atoms with Crippen molar-refractivity contribution in [2.24, 2.45) is 0 Å². The van der Waals surface area contributed by atoms with Crippen molar-refractivity contribution in [1.82, 2.24) is 5.32 Å². The highest BCUT2D eigenvalue weighted by molar-refractivity contribution is 6.39. The van der Waals surface area contributed by atoms with Crippen LogP contribution in [0.2, 0.25) is 5.02 Å². The van der Waals surface area contributed by atoms with Gasteiger partial charge < -0.3 is 15.4 Å². The molecule has 0 radical (unpaired) electrons. The molecule has 0 bridgehead atoms. The first-order chi connectivity index (χ1) is 9.49.